The van der Waals surface area contributed by atoms with Gasteiger partial charge in [-0.3, -0.25) is 0 Å². The number of nitrogens with one attached hydrogen (secondary N) is 1. The van der Waals surface area contributed by atoms with Crippen molar-refractivity contribution in [2.45, 2.75) is 60.0 Å². The van der Waals surface area contributed by atoms with Crippen LogP contribution >= 0.6 is 0 Å². The van der Waals surface area contributed by atoms with Crippen molar-refractivity contribution in [1.82, 2.24) is 5.32 Å². The summed E-state index contributed by atoms with van der Waals surface area (Å²) in [5.41, 5.74) is 2.57. The number of benzene rings is 1. The van der Waals surface area contributed by atoms with Crippen molar-refractivity contribution in [2.24, 2.45) is 5.41 Å². The summed E-state index contributed by atoms with van der Waals surface area (Å²) in [6, 6.07) is 8.97. The molecule has 0 saturated heterocycles. The number of rotatable bonds is 4. The van der Waals surface area contributed by atoms with E-state index >= 15 is 0 Å². The van der Waals surface area contributed by atoms with Gasteiger partial charge in [0.05, 0.1) is 6.04 Å². The molecule has 0 saturated carbocycles. The van der Waals surface area contributed by atoms with Crippen LogP contribution in [0.4, 0.5) is 0 Å². The zero-order chi connectivity index (χ0) is 14.9. The van der Waals surface area contributed by atoms with E-state index in [2.05, 4.69) is 65.1 Å². The standard InChI is InChI=1S/C18H27NO/c1-7-14-15-10-8-9-11-16(15)20-17(14)12(2)19-13(3)18(4,5)6/h8-13,19H,7H2,1-6H3. The van der Waals surface area contributed by atoms with Gasteiger partial charge in [-0.15, -0.1) is 0 Å². The second-order valence-electron chi connectivity index (χ2n) is 6.77. The summed E-state index contributed by atoms with van der Waals surface area (Å²) in [4.78, 5) is 0. The van der Waals surface area contributed by atoms with Crippen molar-refractivity contribution in [1.29, 1.82) is 0 Å². The zero-order valence-corrected chi connectivity index (χ0v) is 13.6. The first-order valence-corrected chi connectivity index (χ1v) is 7.61. The first-order valence-electron chi connectivity index (χ1n) is 7.61. The average Bonchev–Trinajstić information content (AvgIpc) is 2.75. The molecular weight excluding hydrogens is 246 g/mol. The van der Waals surface area contributed by atoms with Gasteiger partial charge in [0.1, 0.15) is 11.3 Å². The summed E-state index contributed by atoms with van der Waals surface area (Å²) in [5.74, 6) is 1.09. The number of aryl methyl sites for hydroxylation is 1. The molecule has 2 atom stereocenters. The van der Waals surface area contributed by atoms with Crippen LogP contribution in [0.3, 0.4) is 0 Å². The summed E-state index contributed by atoms with van der Waals surface area (Å²) in [6.45, 7) is 13.4. The van der Waals surface area contributed by atoms with Crippen LogP contribution in [0.2, 0.25) is 0 Å². The highest BCUT2D eigenvalue weighted by molar-refractivity contribution is 5.82. The molecule has 2 heteroatoms. The first-order chi connectivity index (χ1) is 9.34. The molecule has 20 heavy (non-hydrogen) atoms. The number of hydrogen-bond donors (Lipinski definition) is 1. The van der Waals surface area contributed by atoms with Crippen LogP contribution < -0.4 is 5.32 Å². The number of hydrogen-bond acceptors (Lipinski definition) is 2. The second kappa shape index (κ2) is 5.61. The monoisotopic (exact) mass is 273 g/mol. The highest BCUT2D eigenvalue weighted by Crippen LogP contribution is 2.31. The Morgan fingerprint density at radius 1 is 1.15 bits per heavy atom. The van der Waals surface area contributed by atoms with Gasteiger partial charge in [0.2, 0.25) is 0 Å². The molecule has 0 aliphatic carbocycles. The van der Waals surface area contributed by atoms with E-state index in [0.29, 0.717) is 6.04 Å². The van der Waals surface area contributed by atoms with Gasteiger partial charge in [-0.2, -0.15) is 0 Å². The fraction of sp³-hybridized carbons (Fsp3) is 0.556. The molecule has 0 spiro atoms. The summed E-state index contributed by atoms with van der Waals surface area (Å²) >= 11 is 0. The molecule has 1 heterocycles. The lowest BCUT2D eigenvalue weighted by atomic mass is 9.87. The molecule has 0 aliphatic heterocycles. The van der Waals surface area contributed by atoms with Gasteiger partial charge in [-0.05, 0) is 31.7 Å². The maximum absolute atomic E-state index is 6.10. The Morgan fingerprint density at radius 3 is 2.40 bits per heavy atom. The molecule has 0 aliphatic rings. The summed E-state index contributed by atoms with van der Waals surface area (Å²) in [5, 5.41) is 4.93. The normalized spacial score (nSPS) is 15.5. The van der Waals surface area contributed by atoms with E-state index in [1.54, 1.807) is 0 Å². The Kier molecular flexibility index (Phi) is 4.24. The second-order valence-corrected chi connectivity index (χ2v) is 6.77. The van der Waals surface area contributed by atoms with E-state index in [9.17, 15) is 0 Å². The van der Waals surface area contributed by atoms with Crippen molar-refractivity contribution < 1.29 is 4.42 Å². The fourth-order valence-electron chi connectivity index (χ4n) is 2.53. The predicted octanol–water partition coefficient (Wildman–Crippen LogP) is 5.08. The van der Waals surface area contributed by atoms with Crippen LogP contribution in [-0.2, 0) is 6.42 Å². The van der Waals surface area contributed by atoms with Crippen LogP contribution in [0.15, 0.2) is 28.7 Å². The number of furan rings is 1. The molecule has 0 radical (unpaired) electrons. The third-order valence-corrected chi connectivity index (χ3v) is 4.28. The smallest absolute Gasteiger partial charge is 0.134 e. The Bertz CT molecular complexity index is 577. The van der Waals surface area contributed by atoms with Crippen molar-refractivity contribution in [3.63, 3.8) is 0 Å². The lowest BCUT2D eigenvalue weighted by Crippen LogP contribution is -2.39. The highest BCUT2D eigenvalue weighted by Gasteiger charge is 2.24. The van der Waals surface area contributed by atoms with Gasteiger partial charge in [0.25, 0.3) is 0 Å². The topological polar surface area (TPSA) is 25.2 Å². The molecule has 0 amide bonds. The van der Waals surface area contributed by atoms with E-state index < -0.39 is 0 Å². The van der Waals surface area contributed by atoms with Crippen molar-refractivity contribution in [3.05, 3.63) is 35.6 Å². The predicted molar refractivity (Wildman–Crippen MR) is 86.1 cm³/mol. The van der Waals surface area contributed by atoms with E-state index in [0.717, 1.165) is 17.8 Å². The van der Waals surface area contributed by atoms with E-state index in [1.807, 2.05) is 6.07 Å². The van der Waals surface area contributed by atoms with Crippen molar-refractivity contribution in [2.75, 3.05) is 0 Å². The van der Waals surface area contributed by atoms with E-state index in [1.165, 1.54) is 10.9 Å². The average molecular weight is 273 g/mol. The molecule has 1 aromatic carbocycles. The van der Waals surface area contributed by atoms with Crippen LogP contribution in [0.1, 0.15) is 58.9 Å². The molecule has 2 rings (SSSR count). The van der Waals surface area contributed by atoms with Crippen LogP contribution in [-0.4, -0.2) is 6.04 Å². The molecule has 2 nitrogen and oxygen atoms in total. The SMILES string of the molecule is CCc1c(C(C)NC(C)C(C)(C)C)oc2ccccc12. The zero-order valence-electron chi connectivity index (χ0n) is 13.6. The third kappa shape index (κ3) is 2.90. The third-order valence-electron chi connectivity index (χ3n) is 4.28. The Balaban J connectivity index is 2.32. The summed E-state index contributed by atoms with van der Waals surface area (Å²) in [6.07, 6.45) is 1.00. The molecule has 2 aromatic rings. The minimum absolute atomic E-state index is 0.228. The van der Waals surface area contributed by atoms with E-state index in [4.69, 9.17) is 4.42 Å². The number of fused-ring (bicyclic) bond motifs is 1. The van der Waals surface area contributed by atoms with Gasteiger partial charge in [-0.25, -0.2) is 0 Å². The van der Waals surface area contributed by atoms with Gasteiger partial charge in [-0.1, -0.05) is 45.9 Å². The maximum atomic E-state index is 6.10. The van der Waals surface area contributed by atoms with Crippen molar-refractivity contribution in [3.8, 4) is 0 Å². The van der Waals surface area contributed by atoms with Crippen LogP contribution in [0.5, 0.6) is 0 Å². The molecule has 110 valence electrons. The van der Waals surface area contributed by atoms with Gasteiger partial charge < -0.3 is 9.73 Å². The van der Waals surface area contributed by atoms with Crippen LogP contribution in [0.25, 0.3) is 11.0 Å². The Labute approximate surface area is 122 Å². The fourth-order valence-corrected chi connectivity index (χ4v) is 2.53. The summed E-state index contributed by atoms with van der Waals surface area (Å²) < 4.78 is 6.10. The maximum Gasteiger partial charge on any atom is 0.134 e. The van der Waals surface area contributed by atoms with Gasteiger partial charge in [0.15, 0.2) is 0 Å². The van der Waals surface area contributed by atoms with Gasteiger partial charge in [0, 0.05) is 17.0 Å². The Hall–Kier alpha value is -1.28. The molecule has 0 fully saturated rings. The van der Waals surface area contributed by atoms with E-state index in [-0.39, 0.29) is 11.5 Å². The quantitative estimate of drug-likeness (QED) is 0.840. The Morgan fingerprint density at radius 2 is 1.80 bits per heavy atom. The minimum Gasteiger partial charge on any atom is -0.459 e. The molecule has 1 aromatic heterocycles. The molecule has 2 unspecified atom stereocenters. The lowest BCUT2D eigenvalue weighted by molar-refractivity contribution is 0.258. The summed E-state index contributed by atoms with van der Waals surface area (Å²) in [7, 11) is 0. The van der Waals surface area contributed by atoms with Gasteiger partial charge >= 0.3 is 0 Å². The lowest BCUT2D eigenvalue weighted by Gasteiger charge is -2.30. The first kappa shape index (κ1) is 15.1. The largest absolute Gasteiger partial charge is 0.459 e. The van der Waals surface area contributed by atoms with Crippen LogP contribution in [0, 0.1) is 5.41 Å². The van der Waals surface area contributed by atoms with Crippen molar-refractivity contribution >= 4 is 11.0 Å². The highest BCUT2D eigenvalue weighted by atomic mass is 16.3. The molecule has 1 N–H and O–H groups in total. The molecular formula is C18H27NO. The minimum atomic E-state index is 0.228. The number of para-hydroxylation sites is 1. The molecule has 0 bridgehead atoms.